The number of carbonyl (C=O) groups excluding carboxylic acids is 1. The van der Waals surface area contributed by atoms with Gasteiger partial charge in [0.2, 0.25) is 0 Å². The quantitative estimate of drug-likeness (QED) is 0.0859. The molecular formula is C92H80N4O. The van der Waals surface area contributed by atoms with E-state index in [0.717, 1.165) is 164 Å². The van der Waals surface area contributed by atoms with Gasteiger partial charge in [-0.25, -0.2) is 9.97 Å². The summed E-state index contributed by atoms with van der Waals surface area (Å²) in [5.74, 6) is 1.31. The predicted molar refractivity (Wildman–Crippen MR) is 409 cm³/mol. The van der Waals surface area contributed by atoms with Crippen LogP contribution in [0.3, 0.4) is 0 Å². The van der Waals surface area contributed by atoms with E-state index < -0.39 is 0 Å². The minimum absolute atomic E-state index is 0.135. The lowest BCUT2D eigenvalue weighted by Gasteiger charge is -2.24. The van der Waals surface area contributed by atoms with Crippen molar-refractivity contribution in [2.45, 2.75) is 67.7 Å². The standard InChI is InChI=1S/C92H80N4O/c1-59(2)47-63-22-17-27-68(50-63)83-56-71(88-43-38-66-25-9-15-34-86(66)94-88)36-41-81(83)79-32-13-11-30-77(79)74-53-75(55-76(54-74)92(97)96(8)90-45-40-73(91-62(7)21-20-46-93-91)58-85(90)70-29-19-24-65(52-70)49-61(5)6)78-31-12-14-33-80(78)82-42-37-72(89-44-39-67-26-10-16-35-87(67)95-89)57-84(82)69-28-18-23-64(51-69)48-60(3)4/h9-46,50-61H,47-49H2,1-8H3. The van der Waals surface area contributed by atoms with E-state index in [1.165, 1.54) is 16.7 Å². The van der Waals surface area contributed by atoms with Crippen LogP contribution in [0.4, 0.5) is 5.69 Å². The van der Waals surface area contributed by atoms with Crippen molar-refractivity contribution in [2.24, 2.45) is 17.8 Å². The Morgan fingerprint density at radius 2 is 0.763 bits per heavy atom. The minimum Gasteiger partial charge on any atom is -0.311 e. The molecule has 0 saturated carbocycles. The highest BCUT2D eigenvalue weighted by atomic mass is 16.2. The average Bonchev–Trinajstić information content (AvgIpc) is 0.774. The van der Waals surface area contributed by atoms with E-state index in [4.69, 9.17) is 15.0 Å². The summed E-state index contributed by atoms with van der Waals surface area (Å²) in [6, 6.07) is 100. The molecule has 0 aliphatic carbocycles. The first kappa shape index (κ1) is 63.3. The van der Waals surface area contributed by atoms with Crippen molar-refractivity contribution in [1.82, 2.24) is 15.0 Å². The second kappa shape index (κ2) is 27.7. The Morgan fingerprint density at radius 3 is 1.24 bits per heavy atom. The molecule has 97 heavy (non-hydrogen) atoms. The summed E-state index contributed by atoms with van der Waals surface area (Å²) in [6.07, 6.45) is 4.71. The monoisotopic (exact) mass is 1260 g/mol. The van der Waals surface area contributed by atoms with Crippen molar-refractivity contribution in [1.29, 1.82) is 0 Å². The molecule has 0 saturated heterocycles. The Hall–Kier alpha value is -11.1. The van der Waals surface area contributed by atoms with Crippen LogP contribution < -0.4 is 4.90 Å². The number of pyridine rings is 3. The number of nitrogens with zero attached hydrogens (tertiary/aromatic N) is 4. The molecule has 0 bridgehead atoms. The molecular weight excluding hydrogens is 1180 g/mol. The molecule has 0 atom stereocenters. The molecule has 3 heterocycles. The number of amides is 1. The summed E-state index contributed by atoms with van der Waals surface area (Å²) in [4.78, 5) is 33.5. The summed E-state index contributed by atoms with van der Waals surface area (Å²) in [5.41, 5.74) is 28.5. The van der Waals surface area contributed by atoms with Crippen LogP contribution in [0.25, 0.3) is 133 Å². The van der Waals surface area contributed by atoms with Crippen LogP contribution in [0.2, 0.25) is 0 Å². The van der Waals surface area contributed by atoms with E-state index in [2.05, 4.69) is 321 Å². The second-order valence-corrected chi connectivity index (χ2v) is 27.3. The van der Waals surface area contributed by atoms with Crippen molar-refractivity contribution in [2.75, 3.05) is 11.9 Å². The Labute approximate surface area is 571 Å². The lowest BCUT2D eigenvalue weighted by Crippen LogP contribution is -2.27. The second-order valence-electron chi connectivity index (χ2n) is 27.3. The van der Waals surface area contributed by atoms with Crippen LogP contribution in [-0.4, -0.2) is 27.9 Å². The Morgan fingerprint density at radius 1 is 0.340 bits per heavy atom. The number of fused-ring (bicyclic) bond motifs is 2. The summed E-state index contributed by atoms with van der Waals surface area (Å²) >= 11 is 0. The molecule has 0 spiro atoms. The third-order valence-corrected chi connectivity index (χ3v) is 18.7. The van der Waals surface area contributed by atoms with E-state index in [9.17, 15) is 0 Å². The normalized spacial score (nSPS) is 11.5. The summed E-state index contributed by atoms with van der Waals surface area (Å²) in [5, 5.41) is 2.21. The van der Waals surface area contributed by atoms with Gasteiger partial charge in [-0.05, 0) is 211 Å². The fraction of sp³-hybridized carbons (Fsp3) is 0.152. The molecule has 14 aromatic rings. The van der Waals surface area contributed by atoms with Gasteiger partial charge in [-0.1, -0.05) is 248 Å². The zero-order valence-electron chi connectivity index (χ0n) is 56.7. The van der Waals surface area contributed by atoms with Crippen LogP contribution in [0.1, 0.15) is 74.2 Å². The highest BCUT2D eigenvalue weighted by Crippen LogP contribution is 2.46. The molecule has 0 fully saturated rings. The van der Waals surface area contributed by atoms with Crippen molar-refractivity contribution in [3.05, 3.63) is 313 Å². The largest absolute Gasteiger partial charge is 0.311 e. The van der Waals surface area contributed by atoms with Gasteiger partial charge >= 0.3 is 0 Å². The lowest BCUT2D eigenvalue weighted by molar-refractivity contribution is 0.0993. The van der Waals surface area contributed by atoms with E-state index in [1.54, 1.807) is 0 Å². The molecule has 0 aliphatic rings. The molecule has 0 aliphatic heterocycles. The van der Waals surface area contributed by atoms with E-state index in [0.29, 0.717) is 23.3 Å². The molecule has 474 valence electrons. The van der Waals surface area contributed by atoms with Gasteiger partial charge < -0.3 is 4.90 Å². The molecule has 0 N–H and O–H groups in total. The van der Waals surface area contributed by atoms with E-state index in [1.807, 2.05) is 24.2 Å². The number of hydrogen-bond acceptors (Lipinski definition) is 4. The van der Waals surface area contributed by atoms with Crippen LogP contribution in [0.15, 0.2) is 285 Å². The predicted octanol–water partition coefficient (Wildman–Crippen LogP) is 24.0. The van der Waals surface area contributed by atoms with Crippen LogP contribution in [-0.2, 0) is 19.3 Å². The zero-order valence-corrected chi connectivity index (χ0v) is 56.7. The zero-order chi connectivity index (χ0) is 66.7. The first-order valence-corrected chi connectivity index (χ1v) is 34.2. The number of para-hydroxylation sites is 2. The summed E-state index contributed by atoms with van der Waals surface area (Å²) in [7, 11) is 1.93. The highest BCUT2D eigenvalue weighted by Gasteiger charge is 2.25. The third-order valence-electron chi connectivity index (χ3n) is 18.7. The van der Waals surface area contributed by atoms with E-state index >= 15 is 4.79 Å². The fourth-order valence-electron chi connectivity index (χ4n) is 14.1. The van der Waals surface area contributed by atoms with Crippen molar-refractivity contribution >= 4 is 33.4 Å². The van der Waals surface area contributed by atoms with Crippen LogP contribution in [0.5, 0.6) is 0 Å². The summed E-state index contributed by atoms with van der Waals surface area (Å²) < 4.78 is 0. The van der Waals surface area contributed by atoms with Gasteiger partial charge in [0.25, 0.3) is 5.91 Å². The number of anilines is 1. The number of aryl methyl sites for hydroxylation is 1. The summed E-state index contributed by atoms with van der Waals surface area (Å²) in [6.45, 7) is 15.7. The lowest BCUT2D eigenvalue weighted by atomic mass is 9.84. The third kappa shape index (κ3) is 13.6. The molecule has 3 aromatic heterocycles. The van der Waals surface area contributed by atoms with Crippen molar-refractivity contribution in [3.8, 4) is 112 Å². The van der Waals surface area contributed by atoms with Gasteiger partial charge in [0.15, 0.2) is 0 Å². The van der Waals surface area contributed by atoms with Crippen molar-refractivity contribution < 1.29 is 4.79 Å². The number of benzene rings is 11. The highest BCUT2D eigenvalue weighted by molar-refractivity contribution is 6.10. The van der Waals surface area contributed by atoms with Gasteiger partial charge in [-0.2, -0.15) is 0 Å². The fourth-order valence-corrected chi connectivity index (χ4v) is 14.1. The molecule has 5 heteroatoms. The SMILES string of the molecule is Cc1cccnc1-c1ccc(N(C)C(=O)c2cc(-c3ccccc3-c3ccc(-c4ccc5ccccc5n4)cc3-c3cccc(CC(C)C)c3)cc(-c3ccccc3-c3ccc(-c4ccc5ccccc5n4)cc3-c3cccc(CC(C)C)c3)c2)c(-c2cccc(CC(C)C)c2)c1. The maximum absolute atomic E-state index is 16.3. The Bertz CT molecular complexity index is 5020. The minimum atomic E-state index is -0.135. The number of carbonyl (C=O) groups is 1. The van der Waals surface area contributed by atoms with Gasteiger partial charge in [-0.3, -0.25) is 9.78 Å². The Kier molecular flexibility index (Phi) is 18.0. The average molecular weight is 1260 g/mol. The number of rotatable bonds is 18. The van der Waals surface area contributed by atoms with Gasteiger partial charge in [0.05, 0.1) is 33.8 Å². The molecule has 5 nitrogen and oxygen atoms in total. The van der Waals surface area contributed by atoms with Gasteiger partial charge in [-0.15, -0.1) is 0 Å². The molecule has 1 amide bonds. The van der Waals surface area contributed by atoms with Gasteiger partial charge in [0, 0.05) is 51.8 Å². The maximum atomic E-state index is 16.3. The Balaban J connectivity index is 0.975. The van der Waals surface area contributed by atoms with E-state index in [-0.39, 0.29) is 5.91 Å². The van der Waals surface area contributed by atoms with Gasteiger partial charge in [0.1, 0.15) is 0 Å². The van der Waals surface area contributed by atoms with Crippen LogP contribution >= 0.6 is 0 Å². The number of hydrogen-bond donors (Lipinski definition) is 0. The molecule has 0 unspecified atom stereocenters. The first-order chi connectivity index (χ1) is 47.2. The number of aromatic nitrogens is 3. The topological polar surface area (TPSA) is 59.0 Å². The maximum Gasteiger partial charge on any atom is 0.258 e. The molecule has 11 aromatic carbocycles. The van der Waals surface area contributed by atoms with Crippen LogP contribution in [0, 0.1) is 24.7 Å². The smallest absolute Gasteiger partial charge is 0.258 e. The molecule has 0 radical (unpaired) electrons. The first-order valence-electron chi connectivity index (χ1n) is 34.2. The molecule has 14 rings (SSSR count). The van der Waals surface area contributed by atoms with Crippen molar-refractivity contribution in [3.63, 3.8) is 0 Å².